The summed E-state index contributed by atoms with van der Waals surface area (Å²) in [4.78, 5) is 26.0. The van der Waals surface area contributed by atoms with Crippen LogP contribution in [0.3, 0.4) is 0 Å². The largest absolute Gasteiger partial charge is 0.495 e. The second-order valence-electron chi connectivity index (χ2n) is 6.60. The maximum atomic E-state index is 12.9. The minimum atomic E-state index is -3.95. The highest BCUT2D eigenvalue weighted by atomic mass is 32.2. The van der Waals surface area contributed by atoms with Gasteiger partial charge >= 0.3 is 5.97 Å². The van der Waals surface area contributed by atoms with E-state index in [1.54, 1.807) is 38.1 Å². The molecule has 0 aliphatic carbocycles. The van der Waals surface area contributed by atoms with Crippen LogP contribution >= 0.6 is 0 Å². The predicted molar refractivity (Wildman–Crippen MR) is 113 cm³/mol. The summed E-state index contributed by atoms with van der Waals surface area (Å²) in [6.45, 7) is 3.97. The predicted octanol–water partition coefficient (Wildman–Crippen LogP) is 2.77. The Kier molecular flexibility index (Phi) is 7.82. The van der Waals surface area contributed by atoms with Crippen molar-refractivity contribution in [3.05, 3.63) is 54.1 Å². The van der Waals surface area contributed by atoms with E-state index >= 15 is 0 Å². The average Bonchev–Trinajstić information content (AvgIpc) is 2.76. The molecule has 1 unspecified atom stereocenters. The fourth-order valence-electron chi connectivity index (χ4n) is 2.87. The van der Waals surface area contributed by atoms with Gasteiger partial charge in [0, 0.05) is 18.7 Å². The molecule has 2 aromatic rings. The Morgan fingerprint density at radius 1 is 1.10 bits per heavy atom. The molecule has 0 spiro atoms. The van der Waals surface area contributed by atoms with E-state index in [4.69, 9.17) is 9.47 Å². The van der Waals surface area contributed by atoms with Crippen molar-refractivity contribution in [3.8, 4) is 5.75 Å². The molecule has 0 aromatic heterocycles. The number of methoxy groups -OCH3 is 2. The molecule has 2 aromatic carbocycles. The van der Waals surface area contributed by atoms with Gasteiger partial charge in [0.25, 0.3) is 15.9 Å². The molecular weight excluding hydrogens is 408 g/mol. The number of hydrogen-bond donors (Lipinski definition) is 1. The van der Waals surface area contributed by atoms with Crippen LogP contribution in [0.15, 0.2) is 53.4 Å². The zero-order chi connectivity index (χ0) is 22.3. The Morgan fingerprint density at radius 3 is 2.43 bits per heavy atom. The molecule has 1 N–H and O–H groups in total. The van der Waals surface area contributed by atoms with E-state index in [0.29, 0.717) is 18.0 Å². The maximum absolute atomic E-state index is 12.9. The zero-order valence-corrected chi connectivity index (χ0v) is 18.2. The van der Waals surface area contributed by atoms with E-state index in [-0.39, 0.29) is 22.9 Å². The third kappa shape index (κ3) is 5.50. The Morgan fingerprint density at radius 2 is 1.80 bits per heavy atom. The van der Waals surface area contributed by atoms with Crippen molar-refractivity contribution in [1.82, 2.24) is 4.90 Å². The van der Waals surface area contributed by atoms with Crippen LogP contribution in [0.25, 0.3) is 0 Å². The summed E-state index contributed by atoms with van der Waals surface area (Å²) >= 11 is 0. The molecule has 0 aliphatic heterocycles. The first-order valence-corrected chi connectivity index (χ1v) is 10.8. The molecule has 8 nitrogen and oxygen atoms in total. The number of hydrogen-bond acceptors (Lipinski definition) is 6. The number of nitrogens with one attached hydrogen (secondary N) is 1. The molecular formula is C21H26N2O6S. The molecule has 1 atom stereocenters. The number of nitrogens with zero attached hydrogens (tertiary/aromatic N) is 1. The first-order chi connectivity index (χ1) is 14.2. The van der Waals surface area contributed by atoms with Crippen molar-refractivity contribution in [3.63, 3.8) is 0 Å². The van der Waals surface area contributed by atoms with Gasteiger partial charge in [-0.1, -0.05) is 25.1 Å². The molecule has 2 rings (SSSR count). The van der Waals surface area contributed by atoms with Crippen molar-refractivity contribution in [2.45, 2.75) is 18.7 Å². The third-order valence-corrected chi connectivity index (χ3v) is 5.87. The minimum absolute atomic E-state index is 0.0590. The number of anilines is 1. The Bertz CT molecular complexity index is 1010. The molecule has 30 heavy (non-hydrogen) atoms. The lowest BCUT2D eigenvalue weighted by atomic mass is 10.1. The molecule has 9 heteroatoms. The van der Waals surface area contributed by atoms with Gasteiger partial charge in [-0.3, -0.25) is 14.3 Å². The maximum Gasteiger partial charge on any atom is 0.310 e. The highest BCUT2D eigenvalue weighted by molar-refractivity contribution is 7.92. The Hall–Kier alpha value is -3.07. The van der Waals surface area contributed by atoms with Gasteiger partial charge in [-0.25, -0.2) is 8.42 Å². The van der Waals surface area contributed by atoms with E-state index in [1.807, 2.05) is 0 Å². The lowest BCUT2D eigenvalue weighted by Crippen LogP contribution is -2.37. The van der Waals surface area contributed by atoms with Crippen LogP contribution in [0.5, 0.6) is 5.75 Å². The summed E-state index contributed by atoms with van der Waals surface area (Å²) in [6, 6.07) is 12.4. The van der Waals surface area contributed by atoms with E-state index < -0.39 is 21.9 Å². The molecule has 0 radical (unpaired) electrons. The number of benzene rings is 2. The van der Waals surface area contributed by atoms with Crippen LogP contribution in [0, 0.1) is 5.92 Å². The number of amides is 1. The number of rotatable bonds is 9. The fourth-order valence-corrected chi connectivity index (χ4v) is 3.99. The van der Waals surface area contributed by atoms with Crippen molar-refractivity contribution in [1.29, 1.82) is 0 Å². The van der Waals surface area contributed by atoms with Gasteiger partial charge in [-0.2, -0.15) is 0 Å². The fraction of sp³-hybridized carbons (Fsp3) is 0.333. The van der Waals surface area contributed by atoms with Crippen LogP contribution < -0.4 is 9.46 Å². The van der Waals surface area contributed by atoms with E-state index in [0.717, 1.165) is 0 Å². The lowest BCUT2D eigenvalue weighted by molar-refractivity contribution is -0.145. The van der Waals surface area contributed by atoms with Crippen molar-refractivity contribution in [2.24, 2.45) is 5.92 Å². The molecule has 162 valence electrons. The molecule has 0 saturated carbocycles. The molecule has 0 bridgehead atoms. The van der Waals surface area contributed by atoms with Crippen molar-refractivity contribution >= 4 is 27.6 Å². The summed E-state index contributed by atoms with van der Waals surface area (Å²) in [5.74, 6) is -0.915. The van der Waals surface area contributed by atoms with E-state index in [2.05, 4.69) is 4.72 Å². The van der Waals surface area contributed by atoms with Gasteiger partial charge in [-0.05, 0) is 37.3 Å². The van der Waals surface area contributed by atoms with Gasteiger partial charge in [0.1, 0.15) is 5.75 Å². The SMILES string of the molecule is CCN(CC(C)C(=O)OC)C(=O)c1cccc(S(=O)(=O)Nc2ccccc2OC)c1. The van der Waals surface area contributed by atoms with Crippen molar-refractivity contribution < 1.29 is 27.5 Å². The number of para-hydroxylation sites is 2. The molecule has 0 saturated heterocycles. The zero-order valence-electron chi connectivity index (χ0n) is 17.4. The van der Waals surface area contributed by atoms with Crippen LogP contribution in [0.1, 0.15) is 24.2 Å². The summed E-state index contributed by atoms with van der Waals surface area (Å²) in [7, 11) is -1.21. The highest BCUT2D eigenvalue weighted by Gasteiger charge is 2.23. The van der Waals surface area contributed by atoms with Crippen LogP contribution in [0.4, 0.5) is 5.69 Å². The Balaban J connectivity index is 2.27. The Labute approximate surface area is 176 Å². The molecule has 0 fully saturated rings. The summed E-state index contributed by atoms with van der Waals surface area (Å²) < 4.78 is 38.0. The van der Waals surface area contributed by atoms with Gasteiger partial charge < -0.3 is 14.4 Å². The van der Waals surface area contributed by atoms with E-state index in [1.165, 1.54) is 43.4 Å². The standard InChI is InChI=1S/C21H26N2O6S/c1-5-23(14-15(2)21(25)29-4)20(24)16-9-8-10-17(13-16)30(26,27)22-18-11-6-7-12-19(18)28-3/h6-13,15,22H,5,14H2,1-4H3. The summed E-state index contributed by atoms with van der Waals surface area (Å²) in [5, 5.41) is 0. The van der Waals surface area contributed by atoms with Crippen LogP contribution in [-0.2, 0) is 19.6 Å². The van der Waals surface area contributed by atoms with Gasteiger partial charge in [0.2, 0.25) is 0 Å². The summed E-state index contributed by atoms with van der Waals surface area (Å²) in [5.41, 5.74) is 0.496. The van der Waals surface area contributed by atoms with Gasteiger partial charge in [-0.15, -0.1) is 0 Å². The first kappa shape index (κ1) is 23.2. The quantitative estimate of drug-likeness (QED) is 0.609. The van der Waals surface area contributed by atoms with E-state index in [9.17, 15) is 18.0 Å². The second-order valence-corrected chi connectivity index (χ2v) is 8.28. The molecule has 1 amide bonds. The van der Waals surface area contributed by atoms with Crippen molar-refractivity contribution in [2.75, 3.05) is 32.0 Å². The minimum Gasteiger partial charge on any atom is -0.495 e. The average molecular weight is 435 g/mol. The van der Waals surface area contributed by atoms with Crippen LogP contribution in [-0.4, -0.2) is 52.5 Å². The first-order valence-electron chi connectivity index (χ1n) is 9.36. The normalized spacial score (nSPS) is 12.0. The highest BCUT2D eigenvalue weighted by Crippen LogP contribution is 2.26. The number of ether oxygens (including phenoxy) is 2. The van der Waals surface area contributed by atoms with Gasteiger partial charge in [0.05, 0.1) is 30.7 Å². The van der Waals surface area contributed by atoms with Crippen LogP contribution in [0.2, 0.25) is 0 Å². The number of esters is 1. The molecule has 0 aliphatic rings. The summed E-state index contributed by atoms with van der Waals surface area (Å²) in [6.07, 6.45) is 0. The van der Waals surface area contributed by atoms with Gasteiger partial charge in [0.15, 0.2) is 0 Å². The number of sulfonamides is 1. The smallest absolute Gasteiger partial charge is 0.310 e. The lowest BCUT2D eigenvalue weighted by Gasteiger charge is -2.23. The topological polar surface area (TPSA) is 102 Å². The number of carbonyl (C=O) groups excluding carboxylic acids is 2. The monoisotopic (exact) mass is 434 g/mol. The number of carbonyl (C=O) groups is 2. The second kappa shape index (κ2) is 10.1. The molecule has 0 heterocycles. The third-order valence-electron chi connectivity index (χ3n) is 4.51.